The molecule has 0 aliphatic rings. The van der Waals surface area contributed by atoms with Crippen molar-refractivity contribution in [2.75, 3.05) is 4.72 Å². The van der Waals surface area contributed by atoms with Gasteiger partial charge in [0.25, 0.3) is 10.0 Å². The molecular formula is C10H9N3O4S. The van der Waals surface area contributed by atoms with E-state index >= 15 is 0 Å². The number of aromatic nitrogens is 2. The molecular weight excluding hydrogens is 258 g/mol. The number of hydrogen-bond acceptors (Lipinski definition) is 4. The van der Waals surface area contributed by atoms with E-state index in [-0.39, 0.29) is 16.4 Å². The predicted octanol–water partition coefficient (Wildman–Crippen LogP) is 0.909. The van der Waals surface area contributed by atoms with Crippen molar-refractivity contribution in [2.24, 2.45) is 0 Å². The molecule has 2 heterocycles. The first-order chi connectivity index (χ1) is 8.49. The van der Waals surface area contributed by atoms with Gasteiger partial charge in [0, 0.05) is 12.4 Å². The van der Waals surface area contributed by atoms with Crippen LogP contribution in [-0.2, 0) is 10.0 Å². The summed E-state index contributed by atoms with van der Waals surface area (Å²) in [5.41, 5.74) is -0.232. The summed E-state index contributed by atoms with van der Waals surface area (Å²) >= 11 is 0. The van der Waals surface area contributed by atoms with E-state index in [1.165, 1.54) is 36.7 Å². The standard InChI is InChI=1S/C10H9N3O4S/c14-10(15)8-2-1-3-9(12-8)13-18(16,17)7-4-5-11-6-7/h1-6,11H,(H,12,13)(H,14,15). The molecule has 0 radical (unpaired) electrons. The monoisotopic (exact) mass is 267 g/mol. The summed E-state index contributed by atoms with van der Waals surface area (Å²) < 4.78 is 25.8. The summed E-state index contributed by atoms with van der Waals surface area (Å²) in [7, 11) is -3.75. The molecule has 8 heteroatoms. The van der Waals surface area contributed by atoms with E-state index in [1.54, 1.807) is 0 Å². The fourth-order valence-electron chi connectivity index (χ4n) is 1.28. The number of carbonyl (C=O) groups is 1. The maximum Gasteiger partial charge on any atom is 0.354 e. The largest absolute Gasteiger partial charge is 0.477 e. The summed E-state index contributed by atoms with van der Waals surface area (Å²) in [6.45, 7) is 0. The van der Waals surface area contributed by atoms with E-state index in [2.05, 4.69) is 14.7 Å². The Kier molecular flexibility index (Phi) is 3.02. The van der Waals surface area contributed by atoms with Crippen molar-refractivity contribution >= 4 is 21.8 Å². The van der Waals surface area contributed by atoms with Gasteiger partial charge in [-0.15, -0.1) is 0 Å². The highest BCUT2D eigenvalue weighted by Crippen LogP contribution is 2.13. The molecule has 3 N–H and O–H groups in total. The molecule has 94 valence electrons. The maximum absolute atomic E-state index is 11.8. The molecule has 0 spiro atoms. The van der Waals surface area contributed by atoms with E-state index in [0.717, 1.165) is 0 Å². The van der Waals surface area contributed by atoms with Crippen molar-refractivity contribution in [2.45, 2.75) is 4.90 Å². The Morgan fingerprint density at radius 1 is 1.33 bits per heavy atom. The van der Waals surface area contributed by atoms with Gasteiger partial charge in [0.05, 0.1) is 0 Å². The SMILES string of the molecule is O=C(O)c1cccc(NS(=O)(=O)c2cc[nH]c2)n1. The smallest absolute Gasteiger partial charge is 0.354 e. The number of sulfonamides is 1. The van der Waals surface area contributed by atoms with Crippen LogP contribution in [-0.4, -0.2) is 29.5 Å². The van der Waals surface area contributed by atoms with Gasteiger partial charge < -0.3 is 10.1 Å². The number of nitrogens with one attached hydrogen (secondary N) is 2. The van der Waals surface area contributed by atoms with Crippen LogP contribution in [0, 0.1) is 0 Å². The van der Waals surface area contributed by atoms with E-state index in [1.807, 2.05) is 0 Å². The van der Waals surface area contributed by atoms with Gasteiger partial charge in [-0.05, 0) is 18.2 Å². The van der Waals surface area contributed by atoms with Gasteiger partial charge in [-0.25, -0.2) is 18.2 Å². The van der Waals surface area contributed by atoms with Crippen LogP contribution >= 0.6 is 0 Å². The fraction of sp³-hybridized carbons (Fsp3) is 0. The minimum Gasteiger partial charge on any atom is -0.477 e. The summed E-state index contributed by atoms with van der Waals surface area (Å²) in [5, 5.41) is 8.75. The molecule has 0 unspecified atom stereocenters. The predicted molar refractivity (Wildman–Crippen MR) is 62.8 cm³/mol. The first-order valence-corrected chi connectivity index (χ1v) is 6.33. The third-order valence-electron chi connectivity index (χ3n) is 2.09. The lowest BCUT2D eigenvalue weighted by atomic mass is 10.3. The summed E-state index contributed by atoms with van der Waals surface area (Å²) in [6.07, 6.45) is 2.78. The number of aromatic carboxylic acids is 1. The van der Waals surface area contributed by atoms with Gasteiger partial charge in [0.1, 0.15) is 10.7 Å². The van der Waals surface area contributed by atoms with Crippen molar-refractivity contribution in [3.8, 4) is 0 Å². The van der Waals surface area contributed by atoms with Crippen LogP contribution in [0.25, 0.3) is 0 Å². The van der Waals surface area contributed by atoms with Crippen LogP contribution in [0.2, 0.25) is 0 Å². The third-order valence-corrected chi connectivity index (χ3v) is 3.44. The lowest BCUT2D eigenvalue weighted by molar-refractivity contribution is 0.0690. The Labute approximate surface area is 103 Å². The van der Waals surface area contributed by atoms with Crippen LogP contribution in [0.1, 0.15) is 10.5 Å². The lowest BCUT2D eigenvalue weighted by Gasteiger charge is -2.05. The molecule has 0 bridgehead atoms. The number of rotatable bonds is 4. The average Bonchev–Trinajstić information content (AvgIpc) is 2.82. The van der Waals surface area contributed by atoms with E-state index in [9.17, 15) is 13.2 Å². The Balaban J connectivity index is 2.30. The molecule has 0 amide bonds. The normalized spacial score (nSPS) is 11.1. The van der Waals surface area contributed by atoms with Gasteiger partial charge >= 0.3 is 5.97 Å². The highest BCUT2D eigenvalue weighted by Gasteiger charge is 2.15. The quantitative estimate of drug-likeness (QED) is 0.762. The Hall–Kier alpha value is -2.35. The minimum atomic E-state index is -3.75. The molecule has 18 heavy (non-hydrogen) atoms. The van der Waals surface area contributed by atoms with Gasteiger partial charge in [-0.2, -0.15) is 0 Å². The number of carboxylic acids is 1. The zero-order valence-electron chi connectivity index (χ0n) is 8.99. The molecule has 0 aromatic carbocycles. The van der Waals surface area contributed by atoms with Gasteiger partial charge in [0.15, 0.2) is 5.69 Å². The summed E-state index contributed by atoms with van der Waals surface area (Å²) in [6, 6.07) is 5.43. The lowest BCUT2D eigenvalue weighted by Crippen LogP contribution is -2.14. The Bertz CT molecular complexity index is 664. The molecule has 2 rings (SSSR count). The number of hydrogen-bond donors (Lipinski definition) is 3. The second-order valence-corrected chi connectivity index (χ2v) is 5.05. The topological polar surface area (TPSA) is 112 Å². The third kappa shape index (κ3) is 2.48. The molecule has 0 atom stereocenters. The number of nitrogens with zero attached hydrogens (tertiary/aromatic N) is 1. The molecule has 0 fully saturated rings. The van der Waals surface area contributed by atoms with Crippen LogP contribution < -0.4 is 4.72 Å². The molecule has 2 aromatic rings. The molecule has 0 aliphatic heterocycles. The second kappa shape index (κ2) is 4.49. The molecule has 0 saturated heterocycles. The molecule has 0 saturated carbocycles. The van der Waals surface area contributed by atoms with E-state index in [4.69, 9.17) is 5.11 Å². The first kappa shape index (κ1) is 12.1. The number of aromatic amines is 1. The number of anilines is 1. The van der Waals surface area contributed by atoms with Gasteiger partial charge in [-0.1, -0.05) is 6.07 Å². The van der Waals surface area contributed by atoms with E-state index in [0.29, 0.717) is 0 Å². The number of pyridine rings is 1. The zero-order chi connectivity index (χ0) is 13.2. The van der Waals surface area contributed by atoms with Crippen LogP contribution in [0.4, 0.5) is 5.82 Å². The van der Waals surface area contributed by atoms with Crippen molar-refractivity contribution in [1.82, 2.24) is 9.97 Å². The first-order valence-electron chi connectivity index (χ1n) is 4.85. The van der Waals surface area contributed by atoms with Gasteiger partial charge in [-0.3, -0.25) is 4.72 Å². The molecule has 7 nitrogen and oxygen atoms in total. The Morgan fingerprint density at radius 2 is 2.11 bits per heavy atom. The highest BCUT2D eigenvalue weighted by atomic mass is 32.2. The minimum absolute atomic E-state index is 0.0453. The van der Waals surface area contributed by atoms with Crippen molar-refractivity contribution in [3.05, 3.63) is 42.4 Å². The van der Waals surface area contributed by atoms with Gasteiger partial charge in [0.2, 0.25) is 0 Å². The molecule has 2 aromatic heterocycles. The van der Waals surface area contributed by atoms with Crippen molar-refractivity contribution < 1.29 is 18.3 Å². The molecule has 0 aliphatic carbocycles. The maximum atomic E-state index is 11.8. The fourth-order valence-corrected chi connectivity index (χ4v) is 2.26. The van der Waals surface area contributed by atoms with Crippen LogP contribution in [0.15, 0.2) is 41.6 Å². The summed E-state index contributed by atoms with van der Waals surface area (Å²) in [4.78, 5) is 17.0. The average molecular weight is 267 g/mol. The van der Waals surface area contributed by atoms with Crippen LogP contribution in [0.5, 0.6) is 0 Å². The number of H-pyrrole nitrogens is 1. The second-order valence-electron chi connectivity index (χ2n) is 3.37. The van der Waals surface area contributed by atoms with Crippen molar-refractivity contribution in [3.63, 3.8) is 0 Å². The van der Waals surface area contributed by atoms with Crippen molar-refractivity contribution in [1.29, 1.82) is 0 Å². The Morgan fingerprint density at radius 3 is 2.72 bits per heavy atom. The highest BCUT2D eigenvalue weighted by molar-refractivity contribution is 7.92. The zero-order valence-corrected chi connectivity index (χ0v) is 9.81. The van der Waals surface area contributed by atoms with Crippen LogP contribution in [0.3, 0.4) is 0 Å². The summed E-state index contributed by atoms with van der Waals surface area (Å²) in [5.74, 6) is -1.27. The number of carboxylic acid groups (broad SMARTS) is 1. The van der Waals surface area contributed by atoms with E-state index < -0.39 is 16.0 Å².